The van der Waals surface area contributed by atoms with E-state index in [0.717, 1.165) is 13.1 Å². The SMILES string of the molecule is CSc1nc(N2CCOCC2)nc(N)c1C#N. The topological polar surface area (TPSA) is 88.1 Å². The Hall–Kier alpha value is -1.52. The second-order valence-electron chi connectivity index (χ2n) is 3.50. The first-order valence-corrected chi connectivity index (χ1v) is 6.43. The van der Waals surface area contributed by atoms with Crippen LogP contribution >= 0.6 is 11.8 Å². The zero-order chi connectivity index (χ0) is 12.3. The predicted molar refractivity (Wildman–Crippen MR) is 66.0 cm³/mol. The molecular formula is C10H13N5OS. The van der Waals surface area contributed by atoms with Crippen LogP contribution in [0.3, 0.4) is 0 Å². The summed E-state index contributed by atoms with van der Waals surface area (Å²) in [6.45, 7) is 2.83. The van der Waals surface area contributed by atoms with Crippen LogP contribution in [-0.4, -0.2) is 42.5 Å². The summed E-state index contributed by atoms with van der Waals surface area (Å²) in [7, 11) is 0. The largest absolute Gasteiger partial charge is 0.382 e. The first kappa shape index (κ1) is 12.0. The molecule has 2 rings (SSSR count). The van der Waals surface area contributed by atoms with Crippen LogP contribution in [-0.2, 0) is 4.74 Å². The highest BCUT2D eigenvalue weighted by atomic mass is 32.2. The number of nitrogens with two attached hydrogens (primary N) is 1. The zero-order valence-electron chi connectivity index (χ0n) is 9.51. The second kappa shape index (κ2) is 5.21. The number of thioether (sulfide) groups is 1. The summed E-state index contributed by atoms with van der Waals surface area (Å²) in [5.41, 5.74) is 6.13. The second-order valence-corrected chi connectivity index (χ2v) is 4.30. The van der Waals surface area contributed by atoms with Gasteiger partial charge < -0.3 is 15.4 Å². The van der Waals surface area contributed by atoms with E-state index in [-0.39, 0.29) is 5.82 Å². The van der Waals surface area contributed by atoms with E-state index in [1.807, 2.05) is 17.2 Å². The highest BCUT2D eigenvalue weighted by Gasteiger charge is 2.18. The summed E-state index contributed by atoms with van der Waals surface area (Å²) in [6.07, 6.45) is 1.87. The minimum Gasteiger partial charge on any atom is -0.382 e. The summed E-state index contributed by atoms with van der Waals surface area (Å²) in [5.74, 6) is 0.822. The molecular weight excluding hydrogens is 238 g/mol. The lowest BCUT2D eigenvalue weighted by atomic mass is 10.3. The molecule has 0 spiro atoms. The number of morpholine rings is 1. The fraction of sp³-hybridized carbons (Fsp3) is 0.500. The van der Waals surface area contributed by atoms with Crippen molar-refractivity contribution in [3.8, 4) is 6.07 Å². The summed E-state index contributed by atoms with van der Waals surface area (Å²) in [4.78, 5) is 10.6. The Kier molecular flexibility index (Phi) is 3.66. The molecule has 1 aromatic heterocycles. The van der Waals surface area contributed by atoms with Gasteiger partial charge in [0.2, 0.25) is 5.95 Å². The molecule has 17 heavy (non-hydrogen) atoms. The third-order valence-corrected chi connectivity index (χ3v) is 3.17. The Morgan fingerprint density at radius 2 is 2.12 bits per heavy atom. The predicted octanol–water partition coefficient (Wildman–Crippen LogP) is 0.489. The van der Waals surface area contributed by atoms with Crippen LogP contribution in [0.25, 0.3) is 0 Å². The number of nitrogen functional groups attached to an aromatic ring is 1. The lowest BCUT2D eigenvalue weighted by molar-refractivity contribution is 0.122. The van der Waals surface area contributed by atoms with Gasteiger partial charge in [-0.25, -0.2) is 4.98 Å². The Morgan fingerprint density at radius 1 is 1.41 bits per heavy atom. The van der Waals surface area contributed by atoms with Gasteiger partial charge in [0.25, 0.3) is 0 Å². The first-order chi connectivity index (χ1) is 8.26. The van der Waals surface area contributed by atoms with Gasteiger partial charge in [0.05, 0.1) is 13.2 Å². The van der Waals surface area contributed by atoms with Crippen molar-refractivity contribution in [2.24, 2.45) is 0 Å². The van der Waals surface area contributed by atoms with Gasteiger partial charge in [-0.3, -0.25) is 0 Å². The maximum Gasteiger partial charge on any atom is 0.228 e. The Bertz CT molecular complexity index is 453. The van der Waals surface area contributed by atoms with Crippen LogP contribution in [0, 0.1) is 11.3 Å². The van der Waals surface area contributed by atoms with E-state index in [1.54, 1.807) is 0 Å². The quantitative estimate of drug-likeness (QED) is 0.604. The monoisotopic (exact) mass is 251 g/mol. The molecule has 1 aliphatic rings. The van der Waals surface area contributed by atoms with E-state index in [9.17, 15) is 0 Å². The van der Waals surface area contributed by atoms with Crippen molar-refractivity contribution in [3.63, 3.8) is 0 Å². The molecule has 0 unspecified atom stereocenters. The number of rotatable bonds is 2. The molecule has 1 saturated heterocycles. The van der Waals surface area contributed by atoms with Crippen LogP contribution in [0.4, 0.5) is 11.8 Å². The minimum atomic E-state index is 0.244. The van der Waals surface area contributed by atoms with Crippen molar-refractivity contribution in [1.29, 1.82) is 5.26 Å². The zero-order valence-corrected chi connectivity index (χ0v) is 10.3. The normalized spacial score (nSPS) is 15.6. The maximum absolute atomic E-state index is 8.97. The minimum absolute atomic E-state index is 0.244. The van der Waals surface area contributed by atoms with Gasteiger partial charge in [-0.15, -0.1) is 11.8 Å². The van der Waals surface area contributed by atoms with Crippen molar-refractivity contribution >= 4 is 23.5 Å². The molecule has 0 atom stereocenters. The molecule has 1 fully saturated rings. The molecule has 0 amide bonds. The van der Waals surface area contributed by atoms with Crippen LogP contribution in [0.1, 0.15) is 5.56 Å². The number of ether oxygens (including phenoxy) is 1. The van der Waals surface area contributed by atoms with E-state index in [0.29, 0.717) is 29.8 Å². The summed E-state index contributed by atoms with van der Waals surface area (Å²) in [5, 5.41) is 9.60. The Labute approximate surface area is 104 Å². The van der Waals surface area contributed by atoms with Gasteiger partial charge in [-0.1, -0.05) is 0 Å². The van der Waals surface area contributed by atoms with E-state index in [2.05, 4.69) is 9.97 Å². The van der Waals surface area contributed by atoms with Crippen molar-refractivity contribution in [1.82, 2.24) is 9.97 Å². The van der Waals surface area contributed by atoms with Crippen molar-refractivity contribution in [2.45, 2.75) is 5.03 Å². The molecule has 7 heteroatoms. The van der Waals surface area contributed by atoms with E-state index in [4.69, 9.17) is 15.7 Å². The molecule has 0 aliphatic carbocycles. The maximum atomic E-state index is 8.97. The van der Waals surface area contributed by atoms with E-state index in [1.165, 1.54) is 11.8 Å². The van der Waals surface area contributed by atoms with Crippen LogP contribution < -0.4 is 10.6 Å². The smallest absolute Gasteiger partial charge is 0.228 e. The third-order valence-electron chi connectivity index (χ3n) is 2.49. The molecule has 0 saturated carbocycles. The lowest BCUT2D eigenvalue weighted by Crippen LogP contribution is -2.37. The summed E-state index contributed by atoms with van der Waals surface area (Å²) in [6, 6.07) is 2.03. The average molecular weight is 251 g/mol. The van der Waals surface area contributed by atoms with Gasteiger partial charge >= 0.3 is 0 Å². The van der Waals surface area contributed by atoms with E-state index >= 15 is 0 Å². The Morgan fingerprint density at radius 3 is 2.71 bits per heavy atom. The van der Waals surface area contributed by atoms with Crippen LogP contribution in [0.5, 0.6) is 0 Å². The van der Waals surface area contributed by atoms with Crippen molar-refractivity contribution in [2.75, 3.05) is 43.2 Å². The molecule has 0 radical (unpaired) electrons. The third kappa shape index (κ3) is 2.43. The average Bonchev–Trinajstić information content (AvgIpc) is 2.38. The first-order valence-electron chi connectivity index (χ1n) is 5.20. The molecule has 0 aromatic carbocycles. The van der Waals surface area contributed by atoms with Gasteiger partial charge in [0, 0.05) is 13.1 Å². The van der Waals surface area contributed by atoms with E-state index < -0.39 is 0 Å². The molecule has 1 aliphatic heterocycles. The molecule has 2 heterocycles. The number of hydrogen-bond acceptors (Lipinski definition) is 7. The highest BCUT2D eigenvalue weighted by Crippen LogP contribution is 2.24. The Balaban J connectivity index is 2.35. The number of hydrogen-bond donors (Lipinski definition) is 1. The van der Waals surface area contributed by atoms with Gasteiger partial charge in [0.1, 0.15) is 22.5 Å². The molecule has 0 bridgehead atoms. The number of nitriles is 1. The van der Waals surface area contributed by atoms with Crippen molar-refractivity contribution < 1.29 is 4.74 Å². The van der Waals surface area contributed by atoms with Gasteiger partial charge in [-0.2, -0.15) is 10.2 Å². The lowest BCUT2D eigenvalue weighted by Gasteiger charge is -2.27. The van der Waals surface area contributed by atoms with Crippen LogP contribution in [0.2, 0.25) is 0 Å². The standard InChI is InChI=1S/C10H13N5OS/c1-17-9-7(6-11)8(12)13-10(14-9)15-2-4-16-5-3-15/h2-5H2,1H3,(H2,12,13,14). The summed E-state index contributed by atoms with van der Waals surface area (Å²) >= 11 is 1.40. The highest BCUT2D eigenvalue weighted by molar-refractivity contribution is 7.98. The van der Waals surface area contributed by atoms with Gasteiger partial charge in [-0.05, 0) is 6.26 Å². The fourth-order valence-corrected chi connectivity index (χ4v) is 2.13. The molecule has 2 N–H and O–H groups in total. The molecule has 6 nitrogen and oxygen atoms in total. The van der Waals surface area contributed by atoms with Crippen molar-refractivity contribution in [3.05, 3.63) is 5.56 Å². The molecule has 90 valence electrons. The number of anilines is 2. The van der Waals surface area contributed by atoms with Gasteiger partial charge in [0.15, 0.2) is 0 Å². The number of nitrogens with zero attached hydrogens (tertiary/aromatic N) is 4. The molecule has 1 aromatic rings. The van der Waals surface area contributed by atoms with Crippen LogP contribution in [0.15, 0.2) is 5.03 Å². The fourth-order valence-electron chi connectivity index (χ4n) is 1.60. The number of aromatic nitrogens is 2. The summed E-state index contributed by atoms with van der Waals surface area (Å²) < 4.78 is 5.27.